The van der Waals surface area contributed by atoms with Gasteiger partial charge in [-0.3, -0.25) is 9.69 Å². The van der Waals surface area contributed by atoms with Crippen LogP contribution in [0.3, 0.4) is 0 Å². The maximum absolute atomic E-state index is 14.9. The second-order valence-corrected chi connectivity index (χ2v) is 11.2. The Kier molecular flexibility index (Phi) is 8.29. The van der Waals surface area contributed by atoms with Crippen LogP contribution < -0.4 is 10.3 Å². The van der Waals surface area contributed by atoms with E-state index in [0.717, 1.165) is 56.0 Å². The molecule has 1 aromatic heterocycles. The van der Waals surface area contributed by atoms with Crippen LogP contribution in [0.5, 0.6) is 5.75 Å². The minimum absolute atomic E-state index is 0.0243. The minimum Gasteiger partial charge on any atom is -0.489 e. The second-order valence-electron chi connectivity index (χ2n) is 10.9. The zero-order valence-electron chi connectivity index (χ0n) is 22.9. The van der Waals surface area contributed by atoms with Gasteiger partial charge in [0.1, 0.15) is 17.4 Å². The summed E-state index contributed by atoms with van der Waals surface area (Å²) in [6.07, 6.45) is 5.02. The lowest BCUT2D eigenvalue weighted by atomic mass is 9.92. The molecule has 1 saturated carbocycles. The number of benzene rings is 2. The Morgan fingerprint density at radius 1 is 1.07 bits per heavy atom. The lowest BCUT2D eigenvalue weighted by Gasteiger charge is -2.33. The number of esters is 1. The molecule has 0 atom stereocenters. The van der Waals surface area contributed by atoms with E-state index in [4.69, 9.17) is 21.1 Å². The summed E-state index contributed by atoms with van der Waals surface area (Å²) in [4.78, 5) is 26.7. The highest BCUT2D eigenvalue weighted by molar-refractivity contribution is 6.35. The first-order valence-corrected chi connectivity index (χ1v) is 14.0. The number of halogens is 3. The molecule has 0 spiro atoms. The van der Waals surface area contributed by atoms with Crippen LogP contribution >= 0.6 is 11.6 Å². The van der Waals surface area contributed by atoms with E-state index >= 15 is 0 Å². The fourth-order valence-electron chi connectivity index (χ4n) is 5.50. The van der Waals surface area contributed by atoms with Crippen molar-refractivity contribution in [1.29, 1.82) is 0 Å². The van der Waals surface area contributed by atoms with E-state index in [0.29, 0.717) is 22.9 Å². The van der Waals surface area contributed by atoms with Gasteiger partial charge in [0.25, 0.3) is 5.56 Å². The normalized spacial score (nSPS) is 16.4. The molecule has 0 N–H and O–H groups in total. The average Bonchev–Trinajstić information content (AvgIpc) is 3.77. The Labute approximate surface area is 237 Å². The highest BCUT2D eigenvalue weighted by Crippen LogP contribution is 2.51. The van der Waals surface area contributed by atoms with Crippen molar-refractivity contribution in [3.8, 4) is 16.9 Å². The zero-order valence-corrected chi connectivity index (χ0v) is 23.6. The van der Waals surface area contributed by atoms with Crippen LogP contribution in [-0.2, 0) is 11.3 Å². The predicted molar refractivity (Wildman–Crippen MR) is 150 cm³/mol. The highest BCUT2D eigenvalue weighted by Gasteiger charge is 2.32. The predicted octanol–water partition coefficient (Wildman–Crippen LogP) is 6.74. The number of pyridine rings is 1. The van der Waals surface area contributed by atoms with Crippen LogP contribution in [0.15, 0.2) is 47.4 Å². The van der Waals surface area contributed by atoms with Gasteiger partial charge < -0.3 is 14.0 Å². The molecule has 212 valence electrons. The Morgan fingerprint density at radius 3 is 2.40 bits per heavy atom. The Bertz CT molecular complexity index is 1480. The number of hydrogen-bond acceptors (Lipinski definition) is 5. The highest BCUT2D eigenvalue weighted by atomic mass is 35.5. The number of hydrogen-bond donors (Lipinski definition) is 0. The first kappa shape index (κ1) is 28.3. The van der Waals surface area contributed by atoms with Crippen molar-refractivity contribution in [1.82, 2.24) is 9.47 Å². The van der Waals surface area contributed by atoms with Gasteiger partial charge in [-0.1, -0.05) is 11.6 Å². The van der Waals surface area contributed by atoms with Gasteiger partial charge in [-0.05, 0) is 75.3 Å². The number of aromatic nitrogens is 1. The van der Waals surface area contributed by atoms with Crippen LogP contribution in [0.1, 0.15) is 73.0 Å². The third-order valence-corrected chi connectivity index (χ3v) is 7.97. The lowest BCUT2D eigenvalue weighted by molar-refractivity contribution is 0.0600. The Morgan fingerprint density at radius 2 is 1.80 bits per heavy atom. The van der Waals surface area contributed by atoms with Crippen molar-refractivity contribution in [3.05, 3.63) is 86.3 Å². The van der Waals surface area contributed by atoms with Crippen molar-refractivity contribution < 1.29 is 23.0 Å². The Balaban J connectivity index is 1.41. The largest absolute Gasteiger partial charge is 0.489 e. The van der Waals surface area contributed by atoms with Crippen molar-refractivity contribution in [2.24, 2.45) is 0 Å². The summed E-state index contributed by atoms with van der Waals surface area (Å²) < 4.78 is 41.2. The van der Waals surface area contributed by atoms with Crippen molar-refractivity contribution >= 4 is 17.6 Å². The van der Waals surface area contributed by atoms with Crippen molar-refractivity contribution in [2.45, 2.75) is 64.1 Å². The maximum Gasteiger partial charge on any atom is 0.338 e. The fraction of sp³-hybridized carbons (Fsp3) is 0.419. The van der Waals surface area contributed by atoms with Gasteiger partial charge >= 0.3 is 5.97 Å². The quantitative estimate of drug-likeness (QED) is 0.281. The van der Waals surface area contributed by atoms with Gasteiger partial charge in [-0.25, -0.2) is 13.6 Å². The van der Waals surface area contributed by atoms with Crippen molar-refractivity contribution in [3.63, 3.8) is 0 Å². The van der Waals surface area contributed by atoms with E-state index in [1.54, 1.807) is 16.8 Å². The number of carbonyl (C=O) groups excluding carboxylic acids is 1. The van der Waals surface area contributed by atoms with E-state index in [9.17, 15) is 18.4 Å². The molecule has 9 heteroatoms. The zero-order chi connectivity index (χ0) is 28.6. The molecule has 2 aromatic carbocycles. The number of ether oxygens (including phenoxy) is 2. The monoisotopic (exact) mass is 570 g/mol. The van der Waals surface area contributed by atoms with E-state index in [1.807, 2.05) is 13.8 Å². The van der Waals surface area contributed by atoms with E-state index in [-0.39, 0.29) is 34.7 Å². The molecular weight excluding hydrogens is 538 g/mol. The average molecular weight is 571 g/mol. The van der Waals surface area contributed by atoms with Gasteiger partial charge in [0, 0.05) is 60.7 Å². The SMILES string of the molecule is COC(=O)c1ccn(C2CCN(Cc3cc(C4CC4)c(-c4ccc(F)cc4F)c(Cl)c3OC(C)C)CC2)c(=O)c1. The molecule has 1 aliphatic carbocycles. The molecule has 40 heavy (non-hydrogen) atoms. The number of piperidine rings is 1. The van der Waals surface area contributed by atoms with Crippen LogP contribution in [0.25, 0.3) is 11.1 Å². The molecule has 5 rings (SSSR count). The van der Waals surface area contributed by atoms with Crippen molar-refractivity contribution in [2.75, 3.05) is 20.2 Å². The molecule has 1 saturated heterocycles. The van der Waals surface area contributed by atoms with E-state index in [2.05, 4.69) is 11.0 Å². The summed E-state index contributed by atoms with van der Waals surface area (Å²) in [5.41, 5.74) is 2.77. The topological polar surface area (TPSA) is 60.8 Å². The fourth-order valence-corrected chi connectivity index (χ4v) is 5.88. The lowest BCUT2D eigenvalue weighted by Crippen LogP contribution is -2.37. The smallest absolute Gasteiger partial charge is 0.338 e. The third kappa shape index (κ3) is 5.93. The van der Waals surface area contributed by atoms with Crippen LogP contribution in [0.2, 0.25) is 5.02 Å². The molecular formula is C31H33ClF2N2O4. The number of likely N-dealkylation sites (tertiary alicyclic amines) is 1. The summed E-state index contributed by atoms with van der Waals surface area (Å²) in [7, 11) is 1.29. The molecule has 6 nitrogen and oxygen atoms in total. The van der Waals surface area contributed by atoms with Crippen LogP contribution in [0, 0.1) is 11.6 Å². The maximum atomic E-state index is 14.9. The molecule has 0 unspecified atom stereocenters. The number of rotatable bonds is 8. The molecule has 2 fully saturated rings. The molecule has 3 aromatic rings. The molecule has 0 radical (unpaired) electrons. The van der Waals surface area contributed by atoms with Crippen LogP contribution in [-0.4, -0.2) is 41.7 Å². The first-order valence-electron chi connectivity index (χ1n) is 13.7. The molecule has 2 heterocycles. The minimum atomic E-state index is -0.649. The first-order chi connectivity index (χ1) is 19.2. The van der Waals surface area contributed by atoms with E-state index in [1.165, 1.54) is 25.3 Å². The van der Waals surface area contributed by atoms with Gasteiger partial charge in [-0.2, -0.15) is 0 Å². The third-order valence-electron chi connectivity index (χ3n) is 7.61. The summed E-state index contributed by atoms with van der Waals surface area (Å²) >= 11 is 6.99. The molecule has 0 bridgehead atoms. The number of nitrogens with zero attached hydrogens (tertiary/aromatic N) is 2. The van der Waals surface area contributed by atoms with Gasteiger partial charge in [0.15, 0.2) is 0 Å². The summed E-state index contributed by atoms with van der Waals surface area (Å²) in [5.74, 6) is -1.02. The van der Waals surface area contributed by atoms with E-state index < -0.39 is 17.6 Å². The van der Waals surface area contributed by atoms with Gasteiger partial charge in [0.05, 0.1) is 23.8 Å². The summed E-state index contributed by atoms with van der Waals surface area (Å²) in [6.45, 7) is 5.93. The number of carbonyl (C=O) groups is 1. The van der Waals surface area contributed by atoms with Crippen LogP contribution in [0.4, 0.5) is 8.78 Å². The summed E-state index contributed by atoms with van der Waals surface area (Å²) in [5, 5.41) is 0.353. The summed E-state index contributed by atoms with van der Waals surface area (Å²) in [6, 6.07) is 8.63. The molecule has 2 aliphatic rings. The van der Waals surface area contributed by atoms with Gasteiger partial charge in [0.2, 0.25) is 0 Å². The Hall–Kier alpha value is -3.23. The molecule has 1 aliphatic heterocycles. The molecule has 0 amide bonds. The standard InChI is InChI=1S/C31H33ClF2N2O4/c1-18(2)40-30-21(14-25(19-4-5-19)28(29(30)32)24-7-6-22(33)16-26(24)34)17-35-11-9-23(10-12-35)36-13-8-20(15-27(36)37)31(38)39-3/h6-8,13-16,18-19,23H,4-5,9-12,17H2,1-3H3. The number of methoxy groups -OCH3 is 1. The van der Waals surface area contributed by atoms with Gasteiger partial charge in [-0.15, -0.1) is 0 Å². The second kappa shape index (κ2) is 11.7.